The number of rotatable bonds is 7. The zero-order chi connectivity index (χ0) is 20.1. The summed E-state index contributed by atoms with van der Waals surface area (Å²) in [6.45, 7) is 4.50. The van der Waals surface area contributed by atoms with Crippen molar-refractivity contribution in [3.8, 4) is 0 Å². The van der Waals surface area contributed by atoms with Gasteiger partial charge >= 0.3 is 0 Å². The first-order chi connectivity index (χ1) is 13.5. The van der Waals surface area contributed by atoms with Crippen molar-refractivity contribution in [2.45, 2.75) is 36.2 Å². The smallest absolute Gasteiger partial charge is 0.127 e. The lowest BCUT2D eigenvalue weighted by molar-refractivity contribution is 0.552. The third-order valence-corrected chi connectivity index (χ3v) is 5.65. The standard InChI is InChI=1S/C19H18Cl2N6S/c1-11(2)17(12-3-5-23-6-4-12)18-16(10-24-27-22)25-26-19(18)28-15-8-13(20)7-14(21)9-15/h3-9,11,17H,10H2,1-2H3,(H,25,26). The molecule has 0 aliphatic carbocycles. The molecule has 3 rings (SSSR count). The molecule has 0 spiro atoms. The molecule has 0 radical (unpaired) electrons. The van der Waals surface area contributed by atoms with Crippen molar-refractivity contribution < 1.29 is 0 Å². The van der Waals surface area contributed by atoms with Gasteiger partial charge in [-0.15, -0.1) is 0 Å². The van der Waals surface area contributed by atoms with E-state index >= 15 is 0 Å². The zero-order valence-corrected chi connectivity index (χ0v) is 17.6. The van der Waals surface area contributed by atoms with Gasteiger partial charge in [0.1, 0.15) is 5.03 Å². The first-order valence-electron chi connectivity index (χ1n) is 8.61. The molecule has 144 valence electrons. The Morgan fingerprint density at radius 3 is 2.46 bits per heavy atom. The Kier molecular flexibility index (Phi) is 6.86. The second-order valence-corrected chi connectivity index (χ2v) is 8.45. The zero-order valence-electron chi connectivity index (χ0n) is 15.3. The van der Waals surface area contributed by atoms with Gasteiger partial charge in [0.15, 0.2) is 0 Å². The van der Waals surface area contributed by atoms with Crippen molar-refractivity contribution in [3.05, 3.63) is 80.0 Å². The number of hydrogen-bond acceptors (Lipinski definition) is 4. The van der Waals surface area contributed by atoms with E-state index in [-0.39, 0.29) is 18.4 Å². The van der Waals surface area contributed by atoms with Gasteiger partial charge < -0.3 is 0 Å². The molecule has 1 unspecified atom stereocenters. The maximum absolute atomic E-state index is 8.77. The van der Waals surface area contributed by atoms with Crippen LogP contribution in [0.25, 0.3) is 10.4 Å². The summed E-state index contributed by atoms with van der Waals surface area (Å²) >= 11 is 13.8. The fraction of sp³-hybridized carbons (Fsp3) is 0.263. The number of aromatic amines is 1. The summed E-state index contributed by atoms with van der Waals surface area (Å²) in [6.07, 6.45) is 3.56. The van der Waals surface area contributed by atoms with Crippen molar-refractivity contribution in [3.63, 3.8) is 0 Å². The van der Waals surface area contributed by atoms with Crippen LogP contribution >= 0.6 is 35.0 Å². The van der Waals surface area contributed by atoms with Gasteiger partial charge in [0, 0.05) is 49.4 Å². The number of halogens is 2. The maximum Gasteiger partial charge on any atom is 0.127 e. The lowest BCUT2D eigenvalue weighted by Crippen LogP contribution is -2.11. The van der Waals surface area contributed by atoms with E-state index in [1.165, 1.54) is 11.8 Å². The SMILES string of the molecule is CC(C)C(c1ccncc1)c1c(Sc2cc(Cl)cc(Cl)c2)n[nH]c1CN=[N+]=[N-]. The first-order valence-corrected chi connectivity index (χ1v) is 10.2. The number of nitrogens with one attached hydrogen (secondary N) is 1. The van der Waals surface area contributed by atoms with Crippen LogP contribution in [-0.4, -0.2) is 15.2 Å². The Labute approximate surface area is 177 Å². The molecular weight excluding hydrogens is 415 g/mol. The number of pyridine rings is 1. The lowest BCUT2D eigenvalue weighted by Gasteiger charge is -2.23. The van der Waals surface area contributed by atoms with E-state index in [1.54, 1.807) is 18.5 Å². The largest absolute Gasteiger partial charge is 0.281 e. The van der Waals surface area contributed by atoms with Crippen LogP contribution in [0.2, 0.25) is 10.0 Å². The van der Waals surface area contributed by atoms with Crippen LogP contribution in [0.1, 0.15) is 36.6 Å². The van der Waals surface area contributed by atoms with Gasteiger partial charge in [-0.25, -0.2) is 0 Å². The summed E-state index contributed by atoms with van der Waals surface area (Å²) in [4.78, 5) is 7.90. The van der Waals surface area contributed by atoms with Gasteiger partial charge in [-0.1, -0.05) is 53.9 Å². The third kappa shape index (κ3) is 4.80. The fourth-order valence-electron chi connectivity index (χ4n) is 3.14. The monoisotopic (exact) mass is 432 g/mol. The first kappa shape index (κ1) is 20.6. The van der Waals surface area contributed by atoms with Crippen molar-refractivity contribution in [1.82, 2.24) is 15.2 Å². The normalized spacial score (nSPS) is 12.0. The van der Waals surface area contributed by atoms with Crippen molar-refractivity contribution in [2.75, 3.05) is 0 Å². The molecule has 28 heavy (non-hydrogen) atoms. The quantitative estimate of drug-likeness (QED) is 0.251. The van der Waals surface area contributed by atoms with Crippen molar-refractivity contribution in [2.24, 2.45) is 11.0 Å². The van der Waals surface area contributed by atoms with Crippen molar-refractivity contribution in [1.29, 1.82) is 0 Å². The molecule has 0 aliphatic heterocycles. The average Bonchev–Trinajstić information content (AvgIpc) is 3.02. The summed E-state index contributed by atoms with van der Waals surface area (Å²) in [7, 11) is 0. The molecule has 0 fully saturated rings. The molecule has 2 aromatic heterocycles. The topological polar surface area (TPSA) is 90.3 Å². The Morgan fingerprint density at radius 2 is 1.86 bits per heavy atom. The highest BCUT2D eigenvalue weighted by Crippen LogP contribution is 2.41. The van der Waals surface area contributed by atoms with Gasteiger partial charge in [0.25, 0.3) is 0 Å². The van der Waals surface area contributed by atoms with E-state index in [0.29, 0.717) is 10.0 Å². The van der Waals surface area contributed by atoms with Crippen LogP contribution in [-0.2, 0) is 6.54 Å². The molecule has 3 aromatic rings. The molecule has 1 N–H and O–H groups in total. The van der Waals surface area contributed by atoms with E-state index < -0.39 is 0 Å². The summed E-state index contributed by atoms with van der Waals surface area (Å²) in [5, 5.41) is 13.2. The minimum atomic E-state index is 0.0581. The van der Waals surface area contributed by atoms with Gasteiger partial charge in [-0.2, -0.15) is 5.10 Å². The molecule has 0 aliphatic rings. The number of benzene rings is 1. The highest BCUT2D eigenvalue weighted by Gasteiger charge is 2.27. The lowest BCUT2D eigenvalue weighted by atomic mass is 9.83. The van der Waals surface area contributed by atoms with Gasteiger partial charge in [-0.3, -0.25) is 10.1 Å². The Bertz CT molecular complexity index is 979. The van der Waals surface area contributed by atoms with E-state index in [0.717, 1.165) is 26.7 Å². The highest BCUT2D eigenvalue weighted by atomic mass is 35.5. The van der Waals surface area contributed by atoms with Crippen LogP contribution in [0.4, 0.5) is 0 Å². The van der Waals surface area contributed by atoms with Crippen LogP contribution in [0, 0.1) is 5.92 Å². The highest BCUT2D eigenvalue weighted by molar-refractivity contribution is 7.99. The van der Waals surface area contributed by atoms with Crippen LogP contribution in [0.5, 0.6) is 0 Å². The molecule has 1 aromatic carbocycles. The van der Waals surface area contributed by atoms with E-state index in [2.05, 4.69) is 39.1 Å². The second-order valence-electron chi connectivity index (χ2n) is 6.52. The average molecular weight is 433 g/mol. The van der Waals surface area contributed by atoms with E-state index in [9.17, 15) is 0 Å². The summed E-state index contributed by atoms with van der Waals surface area (Å²) in [6, 6.07) is 9.39. The summed E-state index contributed by atoms with van der Waals surface area (Å²) in [5.41, 5.74) is 11.7. The molecule has 6 nitrogen and oxygen atoms in total. The molecule has 0 saturated carbocycles. The van der Waals surface area contributed by atoms with Crippen molar-refractivity contribution >= 4 is 35.0 Å². The van der Waals surface area contributed by atoms with Gasteiger partial charge in [0.2, 0.25) is 0 Å². The Morgan fingerprint density at radius 1 is 1.18 bits per heavy atom. The predicted molar refractivity (Wildman–Crippen MR) is 113 cm³/mol. The number of nitrogens with zero attached hydrogens (tertiary/aromatic N) is 5. The molecule has 0 saturated heterocycles. The molecule has 0 bridgehead atoms. The summed E-state index contributed by atoms with van der Waals surface area (Å²) < 4.78 is 0. The van der Waals surface area contributed by atoms with Gasteiger partial charge in [0.05, 0.1) is 6.54 Å². The molecule has 0 amide bonds. The van der Waals surface area contributed by atoms with Crippen LogP contribution in [0.3, 0.4) is 0 Å². The van der Waals surface area contributed by atoms with E-state index in [4.69, 9.17) is 28.7 Å². The predicted octanol–water partition coefficient (Wildman–Crippen LogP) is 6.86. The van der Waals surface area contributed by atoms with Crippen LogP contribution in [0.15, 0.2) is 57.8 Å². The number of azide groups is 1. The second kappa shape index (κ2) is 9.34. The van der Waals surface area contributed by atoms with Crippen LogP contribution < -0.4 is 0 Å². The minimum Gasteiger partial charge on any atom is -0.281 e. The minimum absolute atomic E-state index is 0.0581. The molecule has 2 heterocycles. The number of hydrogen-bond donors (Lipinski definition) is 1. The fourth-order valence-corrected chi connectivity index (χ4v) is 4.85. The van der Waals surface area contributed by atoms with E-state index in [1.807, 2.05) is 24.3 Å². The Hall–Kier alpha value is -2.18. The maximum atomic E-state index is 8.77. The molecular formula is C19H18Cl2N6S. The number of H-pyrrole nitrogens is 1. The molecule has 9 heteroatoms. The third-order valence-electron chi connectivity index (χ3n) is 4.23. The van der Waals surface area contributed by atoms with Gasteiger partial charge in [-0.05, 0) is 47.3 Å². The molecule has 1 atom stereocenters. The number of aromatic nitrogens is 3. The Balaban J connectivity index is 2.10. The summed E-state index contributed by atoms with van der Waals surface area (Å²) in [5.74, 6) is 0.343.